The summed E-state index contributed by atoms with van der Waals surface area (Å²) >= 11 is 5.94. The Bertz CT molecular complexity index is 442. The van der Waals surface area contributed by atoms with Crippen LogP contribution in [0.4, 0.5) is 5.69 Å². The molecule has 0 aromatic heterocycles. The highest BCUT2D eigenvalue weighted by molar-refractivity contribution is 6.31. The normalized spacial score (nSPS) is 12.4. The summed E-state index contributed by atoms with van der Waals surface area (Å²) in [6.45, 7) is 12.0. The maximum Gasteiger partial charge on any atom is 0.128 e. The fourth-order valence-electron chi connectivity index (χ4n) is 1.27. The third-order valence-corrected chi connectivity index (χ3v) is 2.17. The maximum atomic E-state index is 5.94. The molecule has 92 valence electrons. The van der Waals surface area contributed by atoms with Gasteiger partial charge in [0, 0.05) is 10.7 Å². The molecule has 0 heterocycles. The molecule has 0 aliphatic carbocycles. The van der Waals surface area contributed by atoms with E-state index in [1.807, 2.05) is 31.2 Å². The molecule has 3 heteroatoms. The van der Waals surface area contributed by atoms with Crippen molar-refractivity contribution in [1.29, 1.82) is 0 Å². The van der Waals surface area contributed by atoms with Gasteiger partial charge in [0.1, 0.15) is 5.84 Å². The lowest BCUT2D eigenvalue weighted by Gasteiger charge is -2.17. The minimum absolute atomic E-state index is 0.139. The number of hydrogen-bond acceptors (Lipinski definition) is 1. The molecule has 0 spiro atoms. The summed E-state index contributed by atoms with van der Waals surface area (Å²) in [5, 5.41) is 3.94. The summed E-state index contributed by atoms with van der Waals surface area (Å²) in [5.74, 6) is 0.791. The molecular formula is C14H19ClN2. The second-order valence-corrected chi connectivity index (χ2v) is 5.48. The van der Waals surface area contributed by atoms with Crippen molar-refractivity contribution >= 4 is 23.1 Å². The zero-order valence-electron chi connectivity index (χ0n) is 10.8. The molecule has 17 heavy (non-hydrogen) atoms. The van der Waals surface area contributed by atoms with Crippen LogP contribution < -0.4 is 5.32 Å². The quantitative estimate of drug-likeness (QED) is 0.606. The number of amidine groups is 1. The predicted octanol–water partition coefficient (Wildman–Crippen LogP) is 4.53. The Morgan fingerprint density at radius 2 is 2.00 bits per heavy atom. The van der Waals surface area contributed by atoms with Gasteiger partial charge in [0.25, 0.3) is 0 Å². The average molecular weight is 251 g/mol. The summed E-state index contributed by atoms with van der Waals surface area (Å²) < 4.78 is 0. The van der Waals surface area contributed by atoms with E-state index in [4.69, 9.17) is 11.6 Å². The van der Waals surface area contributed by atoms with Crippen molar-refractivity contribution in [2.75, 3.05) is 5.32 Å². The third kappa shape index (κ3) is 5.05. The van der Waals surface area contributed by atoms with Gasteiger partial charge >= 0.3 is 0 Å². The summed E-state index contributed by atoms with van der Waals surface area (Å²) in [6, 6.07) is 7.56. The van der Waals surface area contributed by atoms with Crippen molar-refractivity contribution in [1.82, 2.24) is 0 Å². The second kappa shape index (κ2) is 5.37. The first-order valence-corrected chi connectivity index (χ1v) is 5.94. The van der Waals surface area contributed by atoms with Gasteiger partial charge in [0.15, 0.2) is 0 Å². The van der Waals surface area contributed by atoms with Crippen LogP contribution in [0.15, 0.2) is 41.4 Å². The Kier molecular flexibility index (Phi) is 4.35. The molecule has 0 saturated carbocycles. The molecule has 0 amide bonds. The van der Waals surface area contributed by atoms with Crippen molar-refractivity contribution in [2.24, 2.45) is 4.99 Å². The van der Waals surface area contributed by atoms with Crippen LogP contribution in [0.25, 0.3) is 0 Å². The predicted molar refractivity (Wildman–Crippen MR) is 77.1 cm³/mol. The molecule has 1 N–H and O–H groups in total. The van der Waals surface area contributed by atoms with Crippen molar-refractivity contribution in [2.45, 2.75) is 33.2 Å². The molecule has 1 rings (SSSR count). The molecule has 1 aromatic carbocycles. The Labute approximate surface area is 108 Å². The second-order valence-electron chi connectivity index (χ2n) is 5.05. The van der Waals surface area contributed by atoms with Crippen molar-refractivity contribution in [3.05, 3.63) is 41.4 Å². The number of hydrogen-bond donors (Lipinski definition) is 1. The largest absolute Gasteiger partial charge is 0.340 e. The number of benzene rings is 1. The zero-order valence-corrected chi connectivity index (χ0v) is 11.6. The molecule has 0 aliphatic rings. The Morgan fingerprint density at radius 1 is 1.35 bits per heavy atom. The fraction of sp³-hybridized carbons (Fsp3) is 0.357. The topological polar surface area (TPSA) is 24.4 Å². The SMILES string of the molecule is C=C(C)C(=NC(C)(C)C)Nc1cccc(Cl)c1. The first kappa shape index (κ1) is 13.8. The zero-order chi connectivity index (χ0) is 13.1. The summed E-state index contributed by atoms with van der Waals surface area (Å²) in [7, 11) is 0. The van der Waals surface area contributed by atoms with Gasteiger partial charge in [-0.05, 0) is 51.5 Å². The minimum atomic E-state index is -0.139. The fourth-order valence-corrected chi connectivity index (χ4v) is 1.46. The van der Waals surface area contributed by atoms with Gasteiger partial charge in [-0.25, -0.2) is 0 Å². The van der Waals surface area contributed by atoms with Crippen molar-refractivity contribution < 1.29 is 0 Å². The van der Waals surface area contributed by atoms with E-state index in [9.17, 15) is 0 Å². The highest BCUT2D eigenvalue weighted by atomic mass is 35.5. The number of halogens is 1. The van der Waals surface area contributed by atoms with Gasteiger partial charge in [0.2, 0.25) is 0 Å². The lowest BCUT2D eigenvalue weighted by atomic mass is 10.1. The lowest BCUT2D eigenvalue weighted by Crippen LogP contribution is -2.20. The molecule has 1 aromatic rings. The Balaban J connectivity index is 2.96. The van der Waals surface area contributed by atoms with E-state index >= 15 is 0 Å². The van der Waals surface area contributed by atoms with Crippen LogP contribution in [0.2, 0.25) is 5.02 Å². The van der Waals surface area contributed by atoms with Crippen LogP contribution in [-0.4, -0.2) is 11.4 Å². The summed E-state index contributed by atoms with van der Waals surface area (Å²) in [5.41, 5.74) is 1.68. The summed E-state index contributed by atoms with van der Waals surface area (Å²) in [6.07, 6.45) is 0. The standard InChI is InChI=1S/C14H19ClN2/c1-10(2)13(17-14(3,4)5)16-12-8-6-7-11(15)9-12/h6-9H,1H2,2-5H3,(H,16,17). The Morgan fingerprint density at radius 3 is 2.47 bits per heavy atom. The van der Waals surface area contributed by atoms with Gasteiger partial charge in [-0.3, -0.25) is 4.99 Å². The first-order chi connectivity index (χ1) is 7.78. The van der Waals surface area contributed by atoms with Crippen LogP contribution in [0.3, 0.4) is 0 Å². The van der Waals surface area contributed by atoms with Gasteiger partial charge in [-0.2, -0.15) is 0 Å². The molecule has 0 unspecified atom stereocenters. The van der Waals surface area contributed by atoms with Gasteiger partial charge in [0.05, 0.1) is 5.54 Å². The van der Waals surface area contributed by atoms with Gasteiger partial charge in [-0.15, -0.1) is 0 Å². The average Bonchev–Trinajstić information content (AvgIpc) is 2.14. The van der Waals surface area contributed by atoms with E-state index < -0.39 is 0 Å². The highest BCUT2D eigenvalue weighted by Gasteiger charge is 2.10. The van der Waals surface area contributed by atoms with Crippen LogP contribution in [0, 0.1) is 0 Å². The lowest BCUT2D eigenvalue weighted by molar-refractivity contribution is 0.584. The molecule has 0 atom stereocenters. The highest BCUT2D eigenvalue weighted by Crippen LogP contribution is 2.17. The van der Waals surface area contributed by atoms with Crippen molar-refractivity contribution in [3.8, 4) is 0 Å². The van der Waals surface area contributed by atoms with E-state index in [0.717, 1.165) is 17.1 Å². The van der Waals surface area contributed by atoms with E-state index in [-0.39, 0.29) is 5.54 Å². The smallest absolute Gasteiger partial charge is 0.128 e. The molecule has 0 fully saturated rings. The molecular weight excluding hydrogens is 232 g/mol. The number of rotatable bonds is 2. The van der Waals surface area contributed by atoms with Crippen molar-refractivity contribution in [3.63, 3.8) is 0 Å². The molecule has 0 aliphatic heterocycles. The minimum Gasteiger partial charge on any atom is -0.340 e. The number of aliphatic imine (C=N–C) groups is 1. The van der Waals surface area contributed by atoms with Gasteiger partial charge < -0.3 is 5.32 Å². The maximum absolute atomic E-state index is 5.94. The molecule has 2 nitrogen and oxygen atoms in total. The number of nitrogens with one attached hydrogen (secondary N) is 1. The third-order valence-electron chi connectivity index (χ3n) is 1.94. The van der Waals surface area contributed by atoms with E-state index in [1.54, 1.807) is 0 Å². The number of nitrogens with zero attached hydrogens (tertiary/aromatic N) is 1. The number of anilines is 1. The Hall–Kier alpha value is -1.28. The molecule has 0 saturated heterocycles. The van der Waals surface area contributed by atoms with E-state index in [1.165, 1.54) is 0 Å². The molecule has 0 radical (unpaired) electrons. The van der Waals surface area contributed by atoms with Crippen LogP contribution in [-0.2, 0) is 0 Å². The molecule has 0 bridgehead atoms. The first-order valence-electron chi connectivity index (χ1n) is 5.56. The van der Waals surface area contributed by atoms with E-state index in [0.29, 0.717) is 5.02 Å². The van der Waals surface area contributed by atoms with Crippen LogP contribution in [0.1, 0.15) is 27.7 Å². The van der Waals surface area contributed by atoms with E-state index in [2.05, 4.69) is 37.7 Å². The van der Waals surface area contributed by atoms with Crippen LogP contribution >= 0.6 is 11.6 Å². The monoisotopic (exact) mass is 250 g/mol. The van der Waals surface area contributed by atoms with Gasteiger partial charge in [-0.1, -0.05) is 24.2 Å². The summed E-state index contributed by atoms with van der Waals surface area (Å²) in [4.78, 5) is 4.60. The van der Waals surface area contributed by atoms with Crippen LogP contribution in [0.5, 0.6) is 0 Å².